The summed E-state index contributed by atoms with van der Waals surface area (Å²) >= 11 is 2.28. The molecular weight excluding hydrogens is 531 g/mol. The summed E-state index contributed by atoms with van der Waals surface area (Å²) in [5.41, 5.74) is 9.14. The molecule has 0 aromatic carbocycles. The van der Waals surface area contributed by atoms with Gasteiger partial charge in [0.1, 0.15) is 18.0 Å². The second-order valence-corrected chi connectivity index (χ2v) is 9.77. The second-order valence-electron chi connectivity index (χ2n) is 7.82. The molecule has 2 aromatic heterocycles. The standard InChI is InChI=1S/C19H19FN10O5S2/c20-8-35-26-13(10-7-37-30(22)25-10)16(31)24-14-17(32)28-15(19(33)34)9(6-36-18(14)28)5-27-4-2-11(21)29-12(27)1-3-23-29/h1-4,7,14,18,21,25H,5-6,8,22H2,(H2,24,31,33,34)/t14-,18+/m1/s1. The van der Waals surface area contributed by atoms with Gasteiger partial charge in [0.05, 0.1) is 35.8 Å². The van der Waals surface area contributed by atoms with Crippen LogP contribution in [0.2, 0.25) is 0 Å². The van der Waals surface area contributed by atoms with E-state index in [0.29, 0.717) is 17.0 Å². The van der Waals surface area contributed by atoms with E-state index in [2.05, 4.69) is 25.8 Å². The zero-order valence-corrected chi connectivity index (χ0v) is 20.4. The minimum atomic E-state index is -1.52. The van der Waals surface area contributed by atoms with Crippen LogP contribution in [0.1, 0.15) is 0 Å². The molecule has 194 valence electrons. The molecule has 18 heteroatoms. The molecule has 0 bridgehead atoms. The number of nitrogens with two attached hydrogens (primary N) is 2. The average Bonchev–Trinajstić information content (AvgIpc) is 3.54. The van der Waals surface area contributed by atoms with Gasteiger partial charge in [-0.3, -0.25) is 19.9 Å². The molecule has 0 unspecified atom stereocenters. The first kappa shape index (κ1) is 24.8. The van der Waals surface area contributed by atoms with E-state index in [0.717, 1.165) is 21.4 Å². The number of aliphatic carboxylic acids is 1. The number of nitrogens with zero attached hydrogens (tertiary/aromatic N) is 6. The number of amides is 2. The second kappa shape index (κ2) is 9.88. The van der Waals surface area contributed by atoms with E-state index in [9.17, 15) is 23.9 Å². The van der Waals surface area contributed by atoms with Crippen molar-refractivity contribution in [2.24, 2.45) is 11.0 Å². The normalized spacial score (nSPS) is 21.9. The Hall–Kier alpha value is -3.87. The number of carbonyl (C=O) groups is 3. The number of nitrogens with one attached hydrogen (secondary N) is 2. The van der Waals surface area contributed by atoms with Crippen molar-refractivity contribution >= 4 is 58.7 Å². The lowest BCUT2D eigenvalue weighted by Gasteiger charge is -2.50. The maximum atomic E-state index is 13.0. The molecule has 1 fully saturated rings. The number of halogens is 1. The van der Waals surface area contributed by atoms with Crippen LogP contribution in [0.5, 0.6) is 0 Å². The van der Waals surface area contributed by atoms with Crippen molar-refractivity contribution in [2.45, 2.75) is 18.0 Å². The van der Waals surface area contributed by atoms with Gasteiger partial charge in [0.2, 0.25) is 5.82 Å². The first-order valence-electron chi connectivity index (χ1n) is 10.6. The molecule has 0 aliphatic carbocycles. The number of rotatable bonds is 8. The number of oxime groups is 1. The number of thioether (sulfide) groups is 1. The number of carboxylic acid groups (broad SMARTS) is 1. The fourth-order valence-corrected chi connectivity index (χ4v) is 5.93. The van der Waals surface area contributed by atoms with Crippen molar-refractivity contribution in [3.63, 3.8) is 0 Å². The van der Waals surface area contributed by atoms with Crippen LogP contribution in [0.15, 0.2) is 52.1 Å². The minimum Gasteiger partial charge on any atom is -0.543 e. The van der Waals surface area contributed by atoms with Crippen LogP contribution in [-0.4, -0.2) is 66.6 Å². The largest absolute Gasteiger partial charge is 0.543 e. The molecule has 0 spiro atoms. The third kappa shape index (κ3) is 4.43. The van der Waals surface area contributed by atoms with Crippen molar-refractivity contribution < 1.29 is 33.3 Å². The molecular formula is C19H19FN10O5S2. The number of hydrogen-bond donors (Lipinski definition) is 4. The Morgan fingerprint density at radius 3 is 2.95 bits per heavy atom. The van der Waals surface area contributed by atoms with Gasteiger partial charge >= 0.3 is 5.65 Å². The van der Waals surface area contributed by atoms with Crippen LogP contribution < -0.4 is 32.0 Å². The van der Waals surface area contributed by atoms with Gasteiger partial charge in [-0.2, -0.15) is 0 Å². The van der Waals surface area contributed by atoms with Crippen molar-refractivity contribution in [2.75, 3.05) is 18.3 Å². The smallest absolute Gasteiger partial charge is 0.310 e. The van der Waals surface area contributed by atoms with E-state index in [-0.39, 0.29) is 29.4 Å². The minimum absolute atomic E-state index is 0.127. The van der Waals surface area contributed by atoms with Crippen molar-refractivity contribution in [1.29, 1.82) is 0 Å². The predicted octanol–water partition coefficient (Wildman–Crippen LogP) is -2.91. The molecule has 5 heterocycles. The lowest BCUT2D eigenvalue weighted by Crippen LogP contribution is -2.71. The summed E-state index contributed by atoms with van der Waals surface area (Å²) in [5.74, 6) is 3.22. The Morgan fingerprint density at radius 2 is 2.24 bits per heavy atom. The van der Waals surface area contributed by atoms with Gasteiger partial charge in [-0.05, 0) is 11.9 Å². The van der Waals surface area contributed by atoms with Gasteiger partial charge in [0.15, 0.2) is 5.71 Å². The molecule has 6 N–H and O–H groups in total. The number of aromatic nitrogens is 3. The zero-order valence-electron chi connectivity index (χ0n) is 18.7. The summed E-state index contributed by atoms with van der Waals surface area (Å²) in [4.78, 5) is 43.5. The maximum Gasteiger partial charge on any atom is 0.310 e. The monoisotopic (exact) mass is 550 g/mol. The molecule has 37 heavy (non-hydrogen) atoms. The van der Waals surface area contributed by atoms with E-state index in [1.165, 1.54) is 21.7 Å². The molecule has 0 radical (unpaired) electrons. The number of fused-ring (bicyclic) bond motifs is 2. The van der Waals surface area contributed by atoms with Crippen molar-refractivity contribution in [3.05, 3.63) is 46.9 Å². The molecule has 2 atom stereocenters. The van der Waals surface area contributed by atoms with E-state index in [4.69, 9.17) is 11.6 Å². The Labute approximate surface area is 216 Å². The Balaban J connectivity index is 1.36. The highest BCUT2D eigenvalue weighted by Gasteiger charge is 2.53. The lowest BCUT2D eigenvalue weighted by molar-refractivity contribution is -0.666. The summed E-state index contributed by atoms with van der Waals surface area (Å²) in [6.07, 6.45) is 3.25. The van der Waals surface area contributed by atoms with Crippen molar-refractivity contribution in [1.82, 2.24) is 29.8 Å². The number of carboxylic acids is 1. The highest BCUT2D eigenvalue weighted by Crippen LogP contribution is 2.40. The first-order valence-corrected chi connectivity index (χ1v) is 12.4. The van der Waals surface area contributed by atoms with E-state index in [1.807, 2.05) is 0 Å². The molecule has 3 aliphatic rings. The third-order valence-electron chi connectivity index (χ3n) is 5.66. The quantitative estimate of drug-likeness (QED) is 0.0653. The SMILES string of the molecule is Nc1cc[n+](CC2=C(C(=O)[O-])N3C(=O)[C@@H](NC(=O)C(=NOCF)C4=CSN(N)N4)[C@@H]3SC2)c2ccnn12. The zero-order chi connectivity index (χ0) is 26.3. The Kier molecular flexibility index (Phi) is 6.63. The van der Waals surface area contributed by atoms with Crippen LogP contribution in [0.25, 0.3) is 5.65 Å². The topological polar surface area (TPSA) is 200 Å². The van der Waals surface area contributed by atoms with Gasteiger partial charge in [0.25, 0.3) is 18.7 Å². The number of alkyl halides is 1. The molecule has 5 rings (SSSR count). The predicted molar refractivity (Wildman–Crippen MR) is 126 cm³/mol. The summed E-state index contributed by atoms with van der Waals surface area (Å²) in [6.45, 7) is -1.14. The summed E-state index contributed by atoms with van der Waals surface area (Å²) in [7, 11) is 0. The third-order valence-corrected chi connectivity index (χ3v) is 7.66. The van der Waals surface area contributed by atoms with E-state index < -0.39 is 36.1 Å². The number of hydrogen-bond acceptors (Lipinski definition) is 13. The fraction of sp³-hybridized carbons (Fsp3) is 0.263. The Morgan fingerprint density at radius 1 is 1.43 bits per heavy atom. The van der Waals surface area contributed by atoms with E-state index in [1.54, 1.807) is 29.1 Å². The molecule has 15 nitrogen and oxygen atoms in total. The van der Waals surface area contributed by atoms with Crippen molar-refractivity contribution in [3.8, 4) is 0 Å². The number of β-lactam (4-membered cyclic amide) rings is 1. The number of carbonyl (C=O) groups excluding carboxylic acids is 3. The highest BCUT2D eigenvalue weighted by atomic mass is 32.2. The number of nitrogen functional groups attached to an aromatic ring is 1. The van der Waals surface area contributed by atoms with Crippen LogP contribution in [0.4, 0.5) is 10.2 Å². The van der Waals surface area contributed by atoms with Crippen LogP contribution in [0.3, 0.4) is 0 Å². The van der Waals surface area contributed by atoms with Gasteiger partial charge in [-0.1, -0.05) is 19.3 Å². The lowest BCUT2D eigenvalue weighted by atomic mass is 10.0. The van der Waals surface area contributed by atoms with Gasteiger partial charge < -0.3 is 25.8 Å². The summed E-state index contributed by atoms with van der Waals surface area (Å²) in [5, 5.41) is 23.0. The summed E-state index contributed by atoms with van der Waals surface area (Å²) < 4.78 is 16.8. The Bertz CT molecular complexity index is 1390. The van der Waals surface area contributed by atoms with Crippen LogP contribution in [-0.2, 0) is 25.8 Å². The molecule has 2 aromatic rings. The number of anilines is 1. The first-order chi connectivity index (χ1) is 17.8. The van der Waals surface area contributed by atoms with Crippen LogP contribution >= 0.6 is 23.7 Å². The molecule has 3 aliphatic heterocycles. The number of hydrazine groups is 2. The fourth-order valence-electron chi connectivity index (χ4n) is 4.06. The van der Waals surface area contributed by atoms with Crippen LogP contribution in [0, 0.1) is 0 Å². The van der Waals surface area contributed by atoms with Gasteiger partial charge in [-0.25, -0.2) is 14.8 Å². The molecule has 0 saturated carbocycles. The summed E-state index contributed by atoms with van der Waals surface area (Å²) in [6, 6.07) is 2.29. The van der Waals surface area contributed by atoms with Gasteiger partial charge in [0, 0.05) is 22.8 Å². The molecule has 2 amide bonds. The highest BCUT2D eigenvalue weighted by molar-refractivity contribution is 8.00. The molecule has 1 saturated heterocycles. The van der Waals surface area contributed by atoms with E-state index >= 15 is 0 Å². The maximum absolute atomic E-state index is 13.0. The average molecular weight is 551 g/mol. The van der Waals surface area contributed by atoms with Gasteiger partial charge in [-0.15, -0.1) is 11.8 Å².